The van der Waals surface area contributed by atoms with E-state index in [1.165, 1.54) is 19.3 Å². The van der Waals surface area contributed by atoms with Crippen molar-refractivity contribution in [3.63, 3.8) is 0 Å². The molecule has 2 aliphatic rings. The van der Waals surface area contributed by atoms with Gasteiger partial charge in [0, 0.05) is 19.6 Å². The van der Waals surface area contributed by atoms with E-state index in [0.717, 1.165) is 32.5 Å². The summed E-state index contributed by atoms with van der Waals surface area (Å²) >= 11 is 6.26. The van der Waals surface area contributed by atoms with Crippen molar-refractivity contribution in [1.82, 2.24) is 9.78 Å². The molecule has 6 heteroatoms. The van der Waals surface area contributed by atoms with E-state index in [-0.39, 0.29) is 5.56 Å². The SMILES string of the molecule is NCC1CCCN(c2c(Cl)cnn(CC3CCC3)c2=O)C1. The Labute approximate surface area is 130 Å². The molecule has 0 aromatic carbocycles. The van der Waals surface area contributed by atoms with Gasteiger partial charge in [0.15, 0.2) is 0 Å². The number of nitrogens with zero attached hydrogens (tertiary/aromatic N) is 3. The molecule has 1 aromatic rings. The van der Waals surface area contributed by atoms with E-state index < -0.39 is 0 Å². The number of hydrogen-bond acceptors (Lipinski definition) is 4. The Balaban J connectivity index is 1.85. The third-order valence-electron chi connectivity index (χ3n) is 4.80. The van der Waals surface area contributed by atoms with Crippen LogP contribution in [0.15, 0.2) is 11.0 Å². The summed E-state index contributed by atoms with van der Waals surface area (Å²) in [6, 6.07) is 0. The summed E-state index contributed by atoms with van der Waals surface area (Å²) in [5.41, 5.74) is 6.35. The molecule has 0 amide bonds. The van der Waals surface area contributed by atoms with Gasteiger partial charge in [0.2, 0.25) is 0 Å². The molecular formula is C15H23ClN4O. The minimum Gasteiger partial charge on any atom is -0.365 e. The van der Waals surface area contributed by atoms with Gasteiger partial charge in [-0.15, -0.1) is 0 Å². The molecule has 1 saturated carbocycles. The number of nitrogens with two attached hydrogens (primary N) is 1. The monoisotopic (exact) mass is 310 g/mol. The zero-order valence-corrected chi connectivity index (χ0v) is 13.1. The lowest BCUT2D eigenvalue weighted by Gasteiger charge is -2.34. The molecule has 2 fully saturated rings. The highest BCUT2D eigenvalue weighted by atomic mass is 35.5. The van der Waals surface area contributed by atoms with Crippen LogP contribution in [0.4, 0.5) is 5.69 Å². The molecule has 3 rings (SSSR count). The molecule has 1 atom stereocenters. The van der Waals surface area contributed by atoms with Gasteiger partial charge in [0.1, 0.15) is 5.69 Å². The van der Waals surface area contributed by atoms with Gasteiger partial charge >= 0.3 is 0 Å². The molecule has 116 valence electrons. The summed E-state index contributed by atoms with van der Waals surface area (Å²) in [5.74, 6) is 1.05. The van der Waals surface area contributed by atoms with Crippen molar-refractivity contribution in [1.29, 1.82) is 0 Å². The predicted octanol–water partition coefficient (Wildman–Crippen LogP) is 1.87. The van der Waals surface area contributed by atoms with E-state index in [2.05, 4.69) is 10.00 Å². The molecule has 1 unspecified atom stereocenters. The smallest absolute Gasteiger partial charge is 0.291 e. The second-order valence-corrected chi connectivity index (χ2v) is 6.72. The first-order valence-electron chi connectivity index (χ1n) is 7.89. The molecular weight excluding hydrogens is 288 g/mol. The maximum atomic E-state index is 12.7. The van der Waals surface area contributed by atoms with Crippen LogP contribution in [0.5, 0.6) is 0 Å². The molecule has 1 saturated heterocycles. The molecule has 2 heterocycles. The van der Waals surface area contributed by atoms with E-state index >= 15 is 0 Å². The fourth-order valence-electron chi connectivity index (χ4n) is 3.26. The lowest BCUT2D eigenvalue weighted by molar-refractivity contribution is 0.261. The highest BCUT2D eigenvalue weighted by Gasteiger charge is 2.25. The Morgan fingerprint density at radius 2 is 2.05 bits per heavy atom. The van der Waals surface area contributed by atoms with E-state index in [4.69, 9.17) is 17.3 Å². The first kappa shape index (κ1) is 14.9. The third kappa shape index (κ3) is 3.09. The summed E-state index contributed by atoms with van der Waals surface area (Å²) in [6.07, 6.45) is 7.47. The molecule has 1 aliphatic heterocycles. The van der Waals surface area contributed by atoms with Crippen LogP contribution in [-0.2, 0) is 6.54 Å². The van der Waals surface area contributed by atoms with Crippen molar-refractivity contribution >= 4 is 17.3 Å². The highest BCUT2D eigenvalue weighted by Crippen LogP contribution is 2.29. The molecule has 0 spiro atoms. The van der Waals surface area contributed by atoms with Gasteiger partial charge < -0.3 is 10.6 Å². The number of hydrogen-bond donors (Lipinski definition) is 1. The van der Waals surface area contributed by atoms with Crippen LogP contribution in [0.25, 0.3) is 0 Å². The molecule has 2 N–H and O–H groups in total. The number of rotatable bonds is 4. The van der Waals surface area contributed by atoms with Crippen LogP contribution in [-0.4, -0.2) is 29.4 Å². The van der Waals surface area contributed by atoms with Gasteiger partial charge in [0.05, 0.1) is 11.2 Å². The van der Waals surface area contributed by atoms with Gasteiger partial charge in [-0.3, -0.25) is 4.79 Å². The fraction of sp³-hybridized carbons (Fsp3) is 0.733. The Bertz CT molecular complexity index is 555. The zero-order valence-electron chi connectivity index (χ0n) is 12.3. The first-order valence-corrected chi connectivity index (χ1v) is 8.27. The van der Waals surface area contributed by atoms with Gasteiger partial charge in [-0.25, -0.2) is 4.68 Å². The van der Waals surface area contributed by atoms with Crippen LogP contribution in [0, 0.1) is 11.8 Å². The van der Waals surface area contributed by atoms with Crippen molar-refractivity contribution in [2.45, 2.75) is 38.6 Å². The topological polar surface area (TPSA) is 64.2 Å². The molecule has 1 aromatic heterocycles. The molecule has 0 radical (unpaired) electrons. The normalized spacial score (nSPS) is 23.1. The van der Waals surface area contributed by atoms with Crippen molar-refractivity contribution < 1.29 is 0 Å². The minimum atomic E-state index is -0.0490. The third-order valence-corrected chi connectivity index (χ3v) is 5.07. The second-order valence-electron chi connectivity index (χ2n) is 6.32. The highest BCUT2D eigenvalue weighted by molar-refractivity contribution is 6.33. The second kappa shape index (κ2) is 6.36. The minimum absolute atomic E-state index is 0.0490. The number of aromatic nitrogens is 2. The Kier molecular flexibility index (Phi) is 4.50. The lowest BCUT2D eigenvalue weighted by atomic mass is 9.85. The van der Waals surface area contributed by atoms with Crippen molar-refractivity contribution in [2.75, 3.05) is 24.5 Å². The van der Waals surface area contributed by atoms with Crippen LogP contribution >= 0.6 is 11.6 Å². The summed E-state index contributed by atoms with van der Waals surface area (Å²) < 4.78 is 1.59. The van der Waals surface area contributed by atoms with Gasteiger partial charge in [0.25, 0.3) is 5.56 Å². The van der Waals surface area contributed by atoms with Crippen molar-refractivity contribution in [3.8, 4) is 0 Å². The van der Waals surface area contributed by atoms with Gasteiger partial charge in [-0.05, 0) is 44.1 Å². The zero-order chi connectivity index (χ0) is 14.8. The summed E-state index contributed by atoms with van der Waals surface area (Å²) in [5, 5.41) is 4.68. The summed E-state index contributed by atoms with van der Waals surface area (Å²) in [4.78, 5) is 14.8. The first-order chi connectivity index (χ1) is 10.2. The average molecular weight is 311 g/mol. The fourth-order valence-corrected chi connectivity index (χ4v) is 3.50. The van der Waals surface area contributed by atoms with Gasteiger partial charge in [-0.1, -0.05) is 18.0 Å². The van der Waals surface area contributed by atoms with Crippen LogP contribution in [0.3, 0.4) is 0 Å². The Morgan fingerprint density at radius 3 is 2.71 bits per heavy atom. The maximum absolute atomic E-state index is 12.7. The largest absolute Gasteiger partial charge is 0.365 e. The molecule has 21 heavy (non-hydrogen) atoms. The quantitative estimate of drug-likeness (QED) is 0.922. The molecule has 5 nitrogen and oxygen atoms in total. The Hall–Kier alpha value is -1.07. The van der Waals surface area contributed by atoms with Crippen LogP contribution < -0.4 is 16.2 Å². The number of anilines is 1. The van der Waals surface area contributed by atoms with E-state index in [9.17, 15) is 4.79 Å². The van der Waals surface area contributed by atoms with Crippen molar-refractivity contribution in [2.24, 2.45) is 17.6 Å². The molecule has 0 bridgehead atoms. The van der Waals surface area contributed by atoms with E-state index in [1.54, 1.807) is 10.9 Å². The van der Waals surface area contributed by atoms with E-state index in [1.807, 2.05) is 0 Å². The molecule has 1 aliphatic carbocycles. The standard InChI is InChI=1S/C15H23ClN4O/c16-13-8-18-20(10-11-3-1-4-11)15(21)14(13)19-6-2-5-12(7-17)9-19/h8,11-12H,1-7,9-10,17H2. The van der Waals surface area contributed by atoms with Crippen molar-refractivity contribution in [3.05, 3.63) is 21.6 Å². The van der Waals surface area contributed by atoms with Crippen LogP contribution in [0.1, 0.15) is 32.1 Å². The predicted molar refractivity (Wildman–Crippen MR) is 84.8 cm³/mol. The van der Waals surface area contributed by atoms with Crippen LogP contribution in [0.2, 0.25) is 5.02 Å². The van der Waals surface area contributed by atoms with E-state index in [0.29, 0.717) is 29.1 Å². The number of piperidine rings is 1. The maximum Gasteiger partial charge on any atom is 0.291 e. The van der Waals surface area contributed by atoms with Gasteiger partial charge in [-0.2, -0.15) is 5.10 Å². The average Bonchev–Trinajstić information content (AvgIpc) is 2.45. The summed E-state index contributed by atoms with van der Waals surface area (Å²) in [6.45, 7) is 3.07. The summed E-state index contributed by atoms with van der Waals surface area (Å²) in [7, 11) is 0. The number of halogens is 1. The Morgan fingerprint density at radius 1 is 1.29 bits per heavy atom. The lowest BCUT2D eigenvalue weighted by Crippen LogP contribution is -2.42.